The van der Waals surface area contributed by atoms with Crippen LogP contribution in [0.15, 0.2) is 29.8 Å². The van der Waals surface area contributed by atoms with E-state index in [-0.39, 0.29) is 17.1 Å². The second kappa shape index (κ2) is 7.46. The van der Waals surface area contributed by atoms with E-state index in [0.717, 1.165) is 6.42 Å². The number of aliphatic hydroxyl groups excluding tert-OH is 2. The molecule has 1 aliphatic rings. The zero-order valence-corrected chi connectivity index (χ0v) is 15.8. The normalized spacial score (nSPS) is 26.9. The van der Waals surface area contributed by atoms with Gasteiger partial charge in [0.1, 0.15) is 18.5 Å². The number of nitrogen functional groups attached to an aromatic ring is 1. The van der Waals surface area contributed by atoms with Crippen LogP contribution >= 0.6 is 0 Å². The smallest absolute Gasteiger partial charge is 0.280 e. The van der Waals surface area contributed by atoms with E-state index in [1.807, 2.05) is 6.92 Å². The van der Waals surface area contributed by atoms with Gasteiger partial charge in [-0.3, -0.25) is 14.3 Å². The van der Waals surface area contributed by atoms with Crippen molar-refractivity contribution in [2.24, 2.45) is 0 Å². The summed E-state index contributed by atoms with van der Waals surface area (Å²) in [6.07, 6.45) is 4.93. The van der Waals surface area contributed by atoms with Crippen molar-refractivity contribution in [3.8, 4) is 0 Å². The summed E-state index contributed by atoms with van der Waals surface area (Å²) >= 11 is 0. The minimum atomic E-state index is -1.28. The number of unbranched alkanes of at least 4 members (excludes halogenated alkanes) is 1. The molecule has 12 heteroatoms. The fourth-order valence-corrected chi connectivity index (χ4v) is 3.74. The minimum absolute atomic E-state index is 0.0702. The molecule has 5 N–H and O–H groups in total. The van der Waals surface area contributed by atoms with Crippen molar-refractivity contribution in [3.63, 3.8) is 0 Å². The Labute approximate surface area is 164 Å². The third kappa shape index (κ3) is 3.14. The number of ether oxygens (including phenoxy) is 1. The van der Waals surface area contributed by atoms with Crippen LogP contribution in [0.1, 0.15) is 26.2 Å². The Morgan fingerprint density at radius 1 is 1.45 bits per heavy atom. The van der Waals surface area contributed by atoms with Gasteiger partial charge in [0.2, 0.25) is 12.1 Å². The van der Waals surface area contributed by atoms with Crippen LogP contribution in [0, 0.1) is 0 Å². The lowest BCUT2D eigenvalue weighted by molar-refractivity contribution is -0.167. The number of anilines is 1. The van der Waals surface area contributed by atoms with Crippen LogP contribution in [0.3, 0.4) is 0 Å². The third-order valence-electron chi connectivity index (χ3n) is 5.11. The molecule has 0 radical (unpaired) electrons. The highest BCUT2D eigenvalue weighted by Crippen LogP contribution is 2.41. The molecule has 0 saturated carbocycles. The molecule has 3 aromatic heterocycles. The van der Waals surface area contributed by atoms with Crippen LogP contribution in [0.4, 0.5) is 5.95 Å². The number of hydrogen-bond donors (Lipinski definition) is 4. The van der Waals surface area contributed by atoms with Crippen molar-refractivity contribution in [1.29, 1.82) is 0 Å². The molecule has 1 aliphatic heterocycles. The molecule has 12 nitrogen and oxygen atoms in total. The van der Waals surface area contributed by atoms with Gasteiger partial charge >= 0.3 is 0 Å². The zero-order chi connectivity index (χ0) is 20.6. The number of aromatic nitrogens is 6. The molecular formula is C17H23N7O5. The lowest BCUT2D eigenvalue weighted by Gasteiger charge is -2.35. The second-order valence-corrected chi connectivity index (χ2v) is 6.96. The number of rotatable bonds is 7. The predicted molar refractivity (Wildman–Crippen MR) is 101 cm³/mol. The standard InChI is InChI=1S/C17H23N7O5/c1-2-3-4-17(24-9-20-11-14(24)21-16(18)22-15(11)27)13(12(26)10(7-25)28-17)29-23-6-5-19-8-23/h5-6,8-10,12-13,25-26H,2-4,7H2,1H3,(H3,18,21,22,27)/t10-,12-,13-,17-/m1/s1. The van der Waals surface area contributed by atoms with Crippen molar-refractivity contribution >= 4 is 17.1 Å². The molecule has 29 heavy (non-hydrogen) atoms. The summed E-state index contributed by atoms with van der Waals surface area (Å²) in [5.41, 5.74) is 4.26. The number of nitrogens with one attached hydrogen (secondary N) is 1. The van der Waals surface area contributed by atoms with Gasteiger partial charge in [0, 0.05) is 6.20 Å². The van der Waals surface area contributed by atoms with Gasteiger partial charge in [0.25, 0.3) is 5.56 Å². The molecule has 0 unspecified atom stereocenters. The number of aromatic amines is 1. The Morgan fingerprint density at radius 2 is 2.28 bits per heavy atom. The first kappa shape index (κ1) is 19.4. The van der Waals surface area contributed by atoms with E-state index in [1.54, 1.807) is 10.8 Å². The molecule has 4 rings (SSSR count). The predicted octanol–water partition coefficient (Wildman–Crippen LogP) is -1.01. The largest absolute Gasteiger partial charge is 0.402 e. The molecular weight excluding hydrogens is 382 g/mol. The van der Waals surface area contributed by atoms with E-state index in [2.05, 4.69) is 19.9 Å². The highest BCUT2D eigenvalue weighted by molar-refractivity contribution is 5.70. The van der Waals surface area contributed by atoms with Crippen molar-refractivity contribution < 1.29 is 19.8 Å². The van der Waals surface area contributed by atoms with Gasteiger partial charge in [-0.15, -0.1) is 0 Å². The highest BCUT2D eigenvalue weighted by atomic mass is 16.7. The van der Waals surface area contributed by atoms with Crippen molar-refractivity contribution in [3.05, 3.63) is 35.4 Å². The number of imidazole rings is 2. The maximum absolute atomic E-state index is 12.2. The molecule has 4 heterocycles. The number of aliphatic hydroxyl groups is 2. The summed E-state index contributed by atoms with van der Waals surface area (Å²) in [5, 5.41) is 20.6. The Kier molecular flexibility index (Phi) is 4.98. The Bertz CT molecular complexity index is 1030. The first-order chi connectivity index (χ1) is 14.0. The number of nitrogens with two attached hydrogens (primary N) is 1. The number of nitrogens with zero attached hydrogens (tertiary/aromatic N) is 5. The molecule has 0 spiro atoms. The Hall–Kier alpha value is -2.96. The average Bonchev–Trinajstić information content (AvgIpc) is 3.41. The second-order valence-electron chi connectivity index (χ2n) is 6.96. The van der Waals surface area contributed by atoms with E-state index in [1.165, 1.54) is 23.6 Å². The first-order valence-corrected chi connectivity index (χ1v) is 9.35. The van der Waals surface area contributed by atoms with Crippen LogP contribution in [-0.4, -0.2) is 64.4 Å². The van der Waals surface area contributed by atoms with Crippen molar-refractivity contribution in [2.45, 2.75) is 50.2 Å². The Balaban J connectivity index is 1.90. The number of hydrogen-bond acceptors (Lipinski definition) is 9. The molecule has 1 fully saturated rings. The fraction of sp³-hybridized carbons (Fsp3) is 0.529. The van der Waals surface area contributed by atoms with Gasteiger partial charge in [-0.05, 0) is 12.8 Å². The summed E-state index contributed by atoms with van der Waals surface area (Å²) in [4.78, 5) is 33.0. The Morgan fingerprint density at radius 3 is 2.97 bits per heavy atom. The maximum Gasteiger partial charge on any atom is 0.280 e. The average molecular weight is 405 g/mol. The zero-order valence-electron chi connectivity index (χ0n) is 15.8. The number of fused-ring (bicyclic) bond motifs is 1. The fourth-order valence-electron chi connectivity index (χ4n) is 3.74. The van der Waals surface area contributed by atoms with Gasteiger partial charge in [0.05, 0.1) is 19.1 Å². The summed E-state index contributed by atoms with van der Waals surface area (Å²) in [6, 6.07) is 0. The van der Waals surface area contributed by atoms with Crippen molar-refractivity contribution in [1.82, 2.24) is 29.2 Å². The van der Waals surface area contributed by atoms with Gasteiger partial charge < -0.3 is 25.5 Å². The van der Waals surface area contributed by atoms with E-state index < -0.39 is 36.2 Å². The molecule has 0 aliphatic carbocycles. The van der Waals surface area contributed by atoms with Crippen LogP contribution in [0.25, 0.3) is 11.2 Å². The van der Waals surface area contributed by atoms with E-state index >= 15 is 0 Å². The van der Waals surface area contributed by atoms with Crippen LogP contribution < -0.4 is 16.1 Å². The molecule has 0 bridgehead atoms. The van der Waals surface area contributed by atoms with E-state index in [0.29, 0.717) is 12.8 Å². The first-order valence-electron chi connectivity index (χ1n) is 9.35. The van der Waals surface area contributed by atoms with E-state index in [9.17, 15) is 15.0 Å². The summed E-state index contributed by atoms with van der Waals surface area (Å²) in [7, 11) is 0. The van der Waals surface area contributed by atoms with Crippen LogP contribution in [0.2, 0.25) is 0 Å². The lowest BCUT2D eigenvalue weighted by Crippen LogP contribution is -2.51. The summed E-state index contributed by atoms with van der Waals surface area (Å²) in [5.74, 6) is -0.0702. The monoisotopic (exact) mass is 405 g/mol. The molecule has 1 saturated heterocycles. The van der Waals surface area contributed by atoms with Crippen LogP contribution in [0.5, 0.6) is 0 Å². The molecule has 156 valence electrons. The topological polar surface area (TPSA) is 166 Å². The molecule has 0 aromatic carbocycles. The molecule has 3 aromatic rings. The van der Waals surface area contributed by atoms with E-state index in [4.69, 9.17) is 15.3 Å². The van der Waals surface area contributed by atoms with Gasteiger partial charge in [0.15, 0.2) is 16.9 Å². The highest BCUT2D eigenvalue weighted by Gasteiger charge is 2.58. The van der Waals surface area contributed by atoms with Gasteiger partial charge in [-0.2, -0.15) is 9.71 Å². The quantitative estimate of drug-likeness (QED) is 0.385. The summed E-state index contributed by atoms with van der Waals surface area (Å²) in [6.45, 7) is 1.60. The number of H-pyrrole nitrogens is 1. The van der Waals surface area contributed by atoms with Crippen LogP contribution in [-0.2, 0) is 10.5 Å². The van der Waals surface area contributed by atoms with Gasteiger partial charge in [-0.1, -0.05) is 13.3 Å². The van der Waals surface area contributed by atoms with Crippen molar-refractivity contribution in [2.75, 3.05) is 12.3 Å². The minimum Gasteiger partial charge on any atom is -0.402 e. The lowest BCUT2D eigenvalue weighted by atomic mass is 9.96. The maximum atomic E-state index is 12.2. The summed E-state index contributed by atoms with van der Waals surface area (Å²) < 4.78 is 9.09. The van der Waals surface area contributed by atoms with Gasteiger partial charge in [-0.25, -0.2) is 9.97 Å². The molecule has 4 atom stereocenters. The SMILES string of the molecule is CCCC[C@@]1(n2cnc3c(=O)[nH]c(N)nc32)O[C@H](CO)[C@@H](O)[C@H]1On1ccnc1. The molecule has 0 amide bonds. The third-order valence-corrected chi connectivity index (χ3v) is 5.11.